The number of aryl methyl sites for hydroxylation is 1. The van der Waals surface area contributed by atoms with E-state index in [1.807, 2.05) is 37.3 Å². The second-order valence-electron chi connectivity index (χ2n) is 6.89. The predicted octanol–water partition coefficient (Wildman–Crippen LogP) is 4.82. The lowest BCUT2D eigenvalue weighted by atomic mass is 10.0. The Balaban J connectivity index is 1.83. The number of anilines is 1. The highest BCUT2D eigenvalue weighted by atomic mass is 16.6. The van der Waals surface area contributed by atoms with Crippen LogP contribution in [-0.4, -0.2) is 29.0 Å². The lowest BCUT2D eigenvalue weighted by molar-refractivity contribution is 0.00907. The van der Waals surface area contributed by atoms with Gasteiger partial charge in [-0.1, -0.05) is 48.0 Å². The van der Waals surface area contributed by atoms with Crippen LogP contribution in [0.4, 0.5) is 10.5 Å². The average molecular weight is 407 g/mol. The molecule has 0 aliphatic rings. The monoisotopic (exact) mass is 407 g/mol. The number of aromatic hydroxyl groups is 1. The van der Waals surface area contributed by atoms with Crippen LogP contribution in [0.3, 0.4) is 0 Å². The van der Waals surface area contributed by atoms with E-state index in [2.05, 4.69) is 5.32 Å². The number of hydrogen-bond acceptors (Lipinski definition) is 5. The molecule has 6 nitrogen and oxygen atoms in total. The quantitative estimate of drug-likeness (QED) is 0.498. The standard InChI is InChI=1S/C24H25NO5/c1-17-7-11-19(12-8-17)25-24(28)30-23(18-9-13-20(27)14-10-18)22(15-16-26)29-21-5-3-2-4-6-21/h2-14,22-23,26-27H,15-16H2,1H3,(H,25,28)/t22-,23-/m1/s1. The van der Waals surface area contributed by atoms with Crippen LogP contribution >= 0.6 is 0 Å². The third-order valence-corrected chi connectivity index (χ3v) is 4.54. The molecule has 1 amide bonds. The second kappa shape index (κ2) is 10.3. The zero-order valence-corrected chi connectivity index (χ0v) is 16.7. The molecule has 3 rings (SSSR count). The molecule has 0 fully saturated rings. The van der Waals surface area contributed by atoms with Crippen molar-refractivity contribution in [1.82, 2.24) is 0 Å². The number of phenolic OH excluding ortho intramolecular Hbond substituents is 1. The first kappa shape index (κ1) is 21.2. The molecule has 0 bridgehead atoms. The van der Waals surface area contributed by atoms with Gasteiger partial charge in [0.25, 0.3) is 0 Å². The van der Waals surface area contributed by atoms with E-state index in [1.54, 1.807) is 36.4 Å². The van der Waals surface area contributed by atoms with Crippen LogP contribution in [0.5, 0.6) is 11.5 Å². The largest absolute Gasteiger partial charge is 0.508 e. The molecule has 0 aliphatic heterocycles. The van der Waals surface area contributed by atoms with Crippen LogP contribution in [0.2, 0.25) is 0 Å². The van der Waals surface area contributed by atoms with Crippen LogP contribution in [-0.2, 0) is 4.74 Å². The van der Waals surface area contributed by atoms with Gasteiger partial charge in [0.15, 0.2) is 6.10 Å². The molecule has 3 aromatic rings. The number of phenols is 1. The SMILES string of the molecule is Cc1ccc(NC(=O)O[C@H](c2ccc(O)cc2)[C@@H](CCO)Oc2ccccc2)cc1. The first-order valence-corrected chi connectivity index (χ1v) is 9.71. The normalized spacial score (nSPS) is 12.6. The minimum Gasteiger partial charge on any atom is -0.508 e. The molecule has 156 valence electrons. The van der Waals surface area contributed by atoms with Gasteiger partial charge in [-0.25, -0.2) is 4.79 Å². The average Bonchev–Trinajstić information content (AvgIpc) is 2.75. The van der Waals surface area contributed by atoms with Gasteiger partial charge in [-0.15, -0.1) is 0 Å². The summed E-state index contributed by atoms with van der Waals surface area (Å²) in [6.07, 6.45) is -1.83. The Morgan fingerprint density at radius 1 is 0.967 bits per heavy atom. The predicted molar refractivity (Wildman–Crippen MR) is 115 cm³/mol. The molecule has 2 atom stereocenters. The highest BCUT2D eigenvalue weighted by molar-refractivity contribution is 5.84. The molecule has 0 saturated carbocycles. The number of rotatable bonds is 8. The number of benzene rings is 3. The number of aliphatic hydroxyl groups excluding tert-OH is 1. The van der Waals surface area contributed by atoms with E-state index >= 15 is 0 Å². The molecular formula is C24H25NO5. The van der Waals surface area contributed by atoms with Crippen molar-refractivity contribution >= 4 is 11.8 Å². The Kier molecular flexibility index (Phi) is 7.29. The third-order valence-electron chi connectivity index (χ3n) is 4.54. The molecule has 3 aromatic carbocycles. The van der Waals surface area contributed by atoms with Gasteiger partial charge < -0.3 is 19.7 Å². The number of ether oxygens (including phenoxy) is 2. The third kappa shape index (κ3) is 5.99. The van der Waals surface area contributed by atoms with Gasteiger partial charge in [0, 0.05) is 18.7 Å². The van der Waals surface area contributed by atoms with E-state index in [4.69, 9.17) is 9.47 Å². The van der Waals surface area contributed by atoms with E-state index in [9.17, 15) is 15.0 Å². The molecular weight excluding hydrogens is 382 g/mol. The van der Waals surface area contributed by atoms with Gasteiger partial charge in [-0.05, 0) is 48.9 Å². The Hall–Kier alpha value is -3.51. The van der Waals surface area contributed by atoms with Gasteiger partial charge in [-0.2, -0.15) is 0 Å². The van der Waals surface area contributed by atoms with Gasteiger partial charge >= 0.3 is 6.09 Å². The fourth-order valence-electron chi connectivity index (χ4n) is 3.00. The smallest absolute Gasteiger partial charge is 0.412 e. The Bertz CT molecular complexity index is 926. The van der Waals surface area contributed by atoms with Crippen molar-refractivity contribution in [1.29, 1.82) is 0 Å². The fraction of sp³-hybridized carbons (Fsp3) is 0.208. The molecule has 0 radical (unpaired) electrons. The fourth-order valence-corrected chi connectivity index (χ4v) is 3.00. The van der Waals surface area contributed by atoms with E-state index < -0.39 is 18.3 Å². The number of nitrogens with one attached hydrogen (secondary N) is 1. The molecule has 30 heavy (non-hydrogen) atoms. The summed E-state index contributed by atoms with van der Waals surface area (Å²) in [4.78, 5) is 12.6. The zero-order chi connectivity index (χ0) is 21.3. The van der Waals surface area contributed by atoms with Crippen LogP contribution in [0.1, 0.15) is 23.7 Å². The summed E-state index contributed by atoms with van der Waals surface area (Å²) in [7, 11) is 0. The maximum Gasteiger partial charge on any atom is 0.412 e. The highest BCUT2D eigenvalue weighted by Crippen LogP contribution is 2.29. The maximum atomic E-state index is 12.6. The number of amides is 1. The lowest BCUT2D eigenvalue weighted by Gasteiger charge is -2.28. The van der Waals surface area contributed by atoms with Crippen LogP contribution in [0.25, 0.3) is 0 Å². The molecule has 3 N–H and O–H groups in total. The van der Waals surface area contributed by atoms with Crippen molar-refractivity contribution in [3.05, 3.63) is 90.0 Å². The minimum absolute atomic E-state index is 0.101. The van der Waals surface area contributed by atoms with Crippen LogP contribution in [0, 0.1) is 6.92 Å². The molecule has 0 aliphatic carbocycles. The van der Waals surface area contributed by atoms with E-state index in [0.29, 0.717) is 17.0 Å². The Morgan fingerprint density at radius 3 is 2.27 bits per heavy atom. The molecule has 6 heteroatoms. The molecule has 0 saturated heterocycles. The van der Waals surface area contributed by atoms with Crippen molar-refractivity contribution in [2.45, 2.75) is 25.6 Å². The summed E-state index contributed by atoms with van der Waals surface area (Å²) in [5, 5.41) is 21.9. The number of aliphatic hydroxyl groups is 1. The summed E-state index contributed by atoms with van der Waals surface area (Å²) in [6, 6.07) is 22.9. The summed E-state index contributed by atoms with van der Waals surface area (Å²) >= 11 is 0. The van der Waals surface area contributed by atoms with Gasteiger partial charge in [-0.3, -0.25) is 5.32 Å². The molecule has 0 spiro atoms. The van der Waals surface area contributed by atoms with Crippen LogP contribution in [0.15, 0.2) is 78.9 Å². The topological polar surface area (TPSA) is 88.0 Å². The van der Waals surface area contributed by atoms with E-state index in [1.165, 1.54) is 12.1 Å². The minimum atomic E-state index is -0.802. The van der Waals surface area contributed by atoms with Crippen molar-refractivity contribution in [2.24, 2.45) is 0 Å². The Morgan fingerprint density at radius 2 is 1.63 bits per heavy atom. The number of hydrogen-bond donors (Lipinski definition) is 3. The molecule has 0 aromatic heterocycles. The molecule has 0 heterocycles. The number of carbonyl (C=O) groups is 1. The first-order chi connectivity index (χ1) is 14.5. The van der Waals surface area contributed by atoms with Gasteiger partial charge in [0.05, 0.1) is 0 Å². The first-order valence-electron chi connectivity index (χ1n) is 9.71. The Labute approximate surface area is 175 Å². The lowest BCUT2D eigenvalue weighted by Crippen LogP contribution is -2.31. The summed E-state index contributed by atoms with van der Waals surface area (Å²) < 4.78 is 11.8. The summed E-state index contributed by atoms with van der Waals surface area (Å²) in [5.41, 5.74) is 2.33. The van der Waals surface area contributed by atoms with E-state index in [0.717, 1.165) is 5.56 Å². The van der Waals surface area contributed by atoms with Crippen molar-refractivity contribution in [3.63, 3.8) is 0 Å². The van der Waals surface area contributed by atoms with Crippen molar-refractivity contribution < 1.29 is 24.5 Å². The molecule has 0 unspecified atom stereocenters. The van der Waals surface area contributed by atoms with Gasteiger partial charge in [0.1, 0.15) is 17.6 Å². The van der Waals surface area contributed by atoms with Crippen molar-refractivity contribution in [3.8, 4) is 11.5 Å². The maximum absolute atomic E-state index is 12.6. The second-order valence-corrected chi connectivity index (χ2v) is 6.89. The number of para-hydroxylation sites is 1. The summed E-state index contributed by atoms with van der Waals surface area (Å²) in [5.74, 6) is 0.701. The van der Waals surface area contributed by atoms with Crippen LogP contribution < -0.4 is 10.1 Å². The summed E-state index contributed by atoms with van der Waals surface area (Å²) in [6.45, 7) is 1.82. The highest BCUT2D eigenvalue weighted by Gasteiger charge is 2.29. The van der Waals surface area contributed by atoms with E-state index in [-0.39, 0.29) is 18.8 Å². The van der Waals surface area contributed by atoms with Gasteiger partial charge in [0.2, 0.25) is 0 Å². The zero-order valence-electron chi connectivity index (χ0n) is 16.7. The van der Waals surface area contributed by atoms with Crippen molar-refractivity contribution in [2.75, 3.05) is 11.9 Å². The number of carbonyl (C=O) groups excluding carboxylic acids is 1.